The average molecular weight is 281 g/mol. The second kappa shape index (κ2) is 7.49. The van der Waals surface area contributed by atoms with Gasteiger partial charge in [0, 0.05) is 18.2 Å². The topological polar surface area (TPSA) is 55.5 Å². The van der Waals surface area contributed by atoms with Gasteiger partial charge in [0.25, 0.3) is 0 Å². The van der Waals surface area contributed by atoms with Crippen molar-refractivity contribution in [3.63, 3.8) is 0 Å². The van der Waals surface area contributed by atoms with Crippen LogP contribution in [0, 0.1) is 11.8 Å². The number of nitrogens with two attached hydrogens (primary N) is 1. The van der Waals surface area contributed by atoms with Crippen LogP contribution >= 0.6 is 0 Å². The van der Waals surface area contributed by atoms with Gasteiger partial charge in [0.1, 0.15) is 5.75 Å². The predicted molar refractivity (Wildman–Crippen MR) is 84.0 cm³/mol. The van der Waals surface area contributed by atoms with Gasteiger partial charge in [-0.25, -0.2) is 0 Å². The number of aliphatic hydroxyl groups is 1. The molecule has 0 aliphatic heterocycles. The van der Waals surface area contributed by atoms with Crippen molar-refractivity contribution < 1.29 is 9.84 Å². The number of ether oxygens (including phenoxy) is 1. The van der Waals surface area contributed by atoms with Crippen LogP contribution in [0.5, 0.6) is 5.75 Å². The van der Waals surface area contributed by atoms with Gasteiger partial charge in [-0.05, 0) is 36.2 Å². The zero-order valence-electron chi connectivity index (χ0n) is 12.0. The van der Waals surface area contributed by atoms with E-state index in [-0.39, 0.29) is 12.6 Å². The van der Waals surface area contributed by atoms with Crippen molar-refractivity contribution >= 4 is 0 Å². The number of benzene rings is 2. The minimum atomic E-state index is -0.133. The van der Waals surface area contributed by atoms with Gasteiger partial charge >= 0.3 is 0 Å². The summed E-state index contributed by atoms with van der Waals surface area (Å²) < 4.78 is 5.27. The first-order chi connectivity index (χ1) is 10.2. The molecule has 2 aromatic rings. The molecule has 0 aliphatic rings. The molecule has 2 rings (SSSR count). The largest absolute Gasteiger partial charge is 0.495 e. The van der Waals surface area contributed by atoms with E-state index < -0.39 is 0 Å². The molecule has 0 saturated heterocycles. The molecule has 108 valence electrons. The van der Waals surface area contributed by atoms with E-state index in [1.807, 2.05) is 48.5 Å². The zero-order valence-corrected chi connectivity index (χ0v) is 12.0. The third-order valence-electron chi connectivity index (χ3n) is 3.23. The highest BCUT2D eigenvalue weighted by molar-refractivity contribution is 5.49. The van der Waals surface area contributed by atoms with Gasteiger partial charge in [0.2, 0.25) is 0 Å². The Morgan fingerprint density at radius 2 is 1.81 bits per heavy atom. The molecular formula is C18H19NO2. The first kappa shape index (κ1) is 15.1. The molecule has 3 nitrogen and oxygen atoms in total. The highest BCUT2D eigenvalue weighted by Crippen LogP contribution is 2.17. The smallest absolute Gasteiger partial charge is 0.134 e. The van der Waals surface area contributed by atoms with Crippen LogP contribution in [0.15, 0.2) is 48.5 Å². The Bertz CT molecular complexity index is 638. The Kier molecular flexibility index (Phi) is 5.39. The van der Waals surface area contributed by atoms with Crippen molar-refractivity contribution in [3.05, 3.63) is 65.2 Å². The fourth-order valence-electron chi connectivity index (χ4n) is 2.01. The Labute approximate surface area is 125 Å². The molecule has 1 atom stereocenters. The highest BCUT2D eigenvalue weighted by atomic mass is 16.5. The van der Waals surface area contributed by atoms with Gasteiger partial charge in [0.15, 0.2) is 0 Å². The van der Waals surface area contributed by atoms with E-state index >= 15 is 0 Å². The van der Waals surface area contributed by atoms with Gasteiger partial charge in [-0.2, -0.15) is 0 Å². The molecule has 0 bridgehead atoms. The van der Waals surface area contributed by atoms with Crippen LogP contribution in [-0.2, 0) is 0 Å². The van der Waals surface area contributed by atoms with Crippen LogP contribution in [0.3, 0.4) is 0 Å². The first-order valence-corrected chi connectivity index (χ1v) is 6.86. The minimum absolute atomic E-state index is 0.0938. The Balaban J connectivity index is 2.16. The number of hydrogen-bond acceptors (Lipinski definition) is 3. The maximum atomic E-state index is 8.90. The van der Waals surface area contributed by atoms with Crippen LogP contribution in [-0.4, -0.2) is 18.8 Å². The number of hydrogen-bond donors (Lipinski definition) is 2. The van der Waals surface area contributed by atoms with Crippen LogP contribution in [0.25, 0.3) is 0 Å². The normalized spacial score (nSPS) is 11.4. The van der Waals surface area contributed by atoms with Crippen molar-refractivity contribution in [1.82, 2.24) is 0 Å². The average Bonchev–Trinajstić information content (AvgIpc) is 2.54. The van der Waals surface area contributed by atoms with Gasteiger partial charge in [-0.3, -0.25) is 0 Å². The van der Waals surface area contributed by atoms with E-state index in [1.165, 1.54) is 0 Å². The quantitative estimate of drug-likeness (QED) is 0.847. The summed E-state index contributed by atoms with van der Waals surface area (Å²) >= 11 is 0. The third kappa shape index (κ3) is 4.09. The maximum Gasteiger partial charge on any atom is 0.134 e. The monoisotopic (exact) mass is 281 g/mol. The molecule has 2 aromatic carbocycles. The molecule has 0 aliphatic carbocycles. The Hall–Kier alpha value is -2.28. The van der Waals surface area contributed by atoms with E-state index in [1.54, 1.807) is 7.11 Å². The minimum Gasteiger partial charge on any atom is -0.495 e. The van der Waals surface area contributed by atoms with E-state index in [4.69, 9.17) is 15.6 Å². The molecule has 1 unspecified atom stereocenters. The van der Waals surface area contributed by atoms with Crippen LogP contribution in [0.2, 0.25) is 0 Å². The van der Waals surface area contributed by atoms with Crippen molar-refractivity contribution in [1.29, 1.82) is 0 Å². The van der Waals surface area contributed by atoms with E-state index in [0.717, 1.165) is 22.4 Å². The number of methoxy groups -OCH3 is 1. The summed E-state index contributed by atoms with van der Waals surface area (Å²) in [6.07, 6.45) is 0.562. The molecule has 0 spiro atoms. The second-order valence-electron chi connectivity index (χ2n) is 4.69. The molecule has 0 fully saturated rings. The number of aliphatic hydroxyl groups excluding tert-OH is 1. The summed E-state index contributed by atoms with van der Waals surface area (Å²) in [4.78, 5) is 0. The van der Waals surface area contributed by atoms with Crippen LogP contribution < -0.4 is 10.5 Å². The number of rotatable bonds is 4. The van der Waals surface area contributed by atoms with Crippen LogP contribution in [0.4, 0.5) is 0 Å². The van der Waals surface area contributed by atoms with Crippen molar-refractivity contribution in [2.75, 3.05) is 13.7 Å². The van der Waals surface area contributed by atoms with Crippen molar-refractivity contribution in [2.24, 2.45) is 5.73 Å². The second-order valence-corrected chi connectivity index (χ2v) is 4.69. The van der Waals surface area contributed by atoms with E-state index in [9.17, 15) is 0 Å². The molecule has 3 N–H and O–H groups in total. The summed E-state index contributed by atoms with van der Waals surface area (Å²) in [5.41, 5.74) is 8.73. The molecule has 21 heavy (non-hydrogen) atoms. The van der Waals surface area contributed by atoms with Crippen molar-refractivity contribution in [2.45, 2.75) is 12.5 Å². The van der Waals surface area contributed by atoms with Crippen LogP contribution in [0.1, 0.15) is 29.2 Å². The lowest BCUT2D eigenvalue weighted by Crippen LogP contribution is -2.11. The molecule has 0 amide bonds. The fourth-order valence-corrected chi connectivity index (χ4v) is 2.01. The SMILES string of the molecule is COc1ccccc1C#Cc1ccc(C(N)CCO)cc1. The fraction of sp³-hybridized carbons (Fsp3) is 0.222. The Morgan fingerprint density at radius 1 is 1.10 bits per heavy atom. The predicted octanol–water partition coefficient (Wildman–Crippen LogP) is 2.48. The van der Waals surface area contributed by atoms with Gasteiger partial charge in [0.05, 0.1) is 12.7 Å². The summed E-state index contributed by atoms with van der Waals surface area (Å²) in [7, 11) is 1.64. The summed E-state index contributed by atoms with van der Waals surface area (Å²) in [6, 6.07) is 15.3. The third-order valence-corrected chi connectivity index (χ3v) is 3.23. The summed E-state index contributed by atoms with van der Waals surface area (Å²) in [5.74, 6) is 6.99. The first-order valence-electron chi connectivity index (χ1n) is 6.86. The lowest BCUT2D eigenvalue weighted by Gasteiger charge is -2.09. The van der Waals surface area contributed by atoms with Gasteiger partial charge < -0.3 is 15.6 Å². The molecular weight excluding hydrogens is 262 g/mol. The molecule has 0 saturated carbocycles. The molecule has 3 heteroatoms. The van der Waals surface area contributed by atoms with E-state index in [2.05, 4.69) is 11.8 Å². The standard InChI is InChI=1S/C18H19NO2/c1-21-18-5-3-2-4-16(18)11-8-14-6-9-15(10-7-14)17(19)12-13-20/h2-7,9-10,17,20H,12-13,19H2,1H3. The number of para-hydroxylation sites is 1. The molecule has 0 aromatic heterocycles. The maximum absolute atomic E-state index is 8.90. The highest BCUT2D eigenvalue weighted by Gasteiger charge is 2.04. The molecule has 0 radical (unpaired) electrons. The Morgan fingerprint density at radius 3 is 2.48 bits per heavy atom. The van der Waals surface area contributed by atoms with Gasteiger partial charge in [-0.15, -0.1) is 0 Å². The lowest BCUT2D eigenvalue weighted by molar-refractivity contribution is 0.276. The zero-order chi connectivity index (χ0) is 15.1. The summed E-state index contributed by atoms with van der Waals surface area (Å²) in [6.45, 7) is 0.0938. The van der Waals surface area contributed by atoms with E-state index in [0.29, 0.717) is 6.42 Å². The lowest BCUT2D eigenvalue weighted by atomic mass is 10.0. The van der Waals surface area contributed by atoms with Gasteiger partial charge in [-0.1, -0.05) is 36.1 Å². The molecule has 0 heterocycles. The van der Waals surface area contributed by atoms with Crippen molar-refractivity contribution in [3.8, 4) is 17.6 Å². The summed E-state index contributed by atoms with van der Waals surface area (Å²) in [5, 5.41) is 8.90.